The van der Waals surface area contributed by atoms with Crippen LogP contribution in [0.1, 0.15) is 12.6 Å². The molecular formula is C11H13N3O4. The van der Waals surface area contributed by atoms with Crippen LogP contribution in [0.25, 0.3) is 0 Å². The average Bonchev–Trinajstić information content (AvgIpc) is 2.67. The number of nitrogen functional groups attached to an aromatic ring is 1. The summed E-state index contributed by atoms with van der Waals surface area (Å²) in [6, 6.07) is 1.44. The highest BCUT2D eigenvalue weighted by Crippen LogP contribution is 2.35. The number of rotatable bonds is 2. The summed E-state index contributed by atoms with van der Waals surface area (Å²) < 4.78 is 6.59. The molecule has 7 heteroatoms. The van der Waals surface area contributed by atoms with Crippen molar-refractivity contribution in [1.82, 2.24) is 9.55 Å². The molecule has 0 aliphatic carbocycles. The summed E-state index contributed by atoms with van der Waals surface area (Å²) in [6.45, 7) is -0.529. The minimum atomic E-state index is -1.48. The zero-order valence-electron chi connectivity index (χ0n) is 9.48. The molecule has 0 bridgehead atoms. The van der Waals surface area contributed by atoms with E-state index >= 15 is 0 Å². The van der Waals surface area contributed by atoms with Crippen LogP contribution >= 0.6 is 0 Å². The molecule has 1 saturated heterocycles. The molecule has 1 aliphatic heterocycles. The Hall–Kier alpha value is -1.88. The molecule has 0 unspecified atom stereocenters. The number of aliphatic hydroxyl groups excluding tert-OH is 2. The molecule has 0 aromatic carbocycles. The zero-order valence-corrected chi connectivity index (χ0v) is 9.48. The fraction of sp³-hybridized carbons (Fsp3) is 0.455. The van der Waals surface area contributed by atoms with E-state index < -0.39 is 30.2 Å². The first-order valence-electron chi connectivity index (χ1n) is 5.31. The second-order valence-electron chi connectivity index (χ2n) is 4.06. The monoisotopic (exact) mass is 251 g/mol. The van der Waals surface area contributed by atoms with E-state index in [2.05, 4.69) is 10.9 Å². The molecule has 1 aromatic heterocycles. The number of aliphatic hydroxyl groups is 2. The van der Waals surface area contributed by atoms with Crippen LogP contribution < -0.4 is 11.4 Å². The number of aromatic nitrogens is 2. The second kappa shape index (κ2) is 4.42. The molecule has 3 atom stereocenters. The van der Waals surface area contributed by atoms with Crippen LogP contribution in [0.2, 0.25) is 0 Å². The lowest BCUT2D eigenvalue weighted by Crippen LogP contribution is -2.41. The van der Waals surface area contributed by atoms with Crippen LogP contribution in [0, 0.1) is 12.3 Å². The highest BCUT2D eigenvalue weighted by atomic mass is 16.6. The zero-order chi connectivity index (χ0) is 13.3. The van der Waals surface area contributed by atoms with Gasteiger partial charge in [0.2, 0.25) is 0 Å². The largest absolute Gasteiger partial charge is 0.392 e. The highest BCUT2D eigenvalue weighted by Gasteiger charge is 2.47. The van der Waals surface area contributed by atoms with Gasteiger partial charge in [-0.05, 0) is 6.07 Å². The van der Waals surface area contributed by atoms with Gasteiger partial charge in [-0.25, -0.2) is 4.79 Å². The Bertz CT molecular complexity index is 550. The highest BCUT2D eigenvalue weighted by molar-refractivity contribution is 5.24. The summed E-state index contributed by atoms with van der Waals surface area (Å²) in [5.74, 6) is 2.32. The lowest BCUT2D eigenvalue weighted by molar-refractivity contribution is -0.0912. The standard InChI is InChI=1S/C11H13N3O4/c1-2-11(6-15)7(16)5-9(18-11)14-4-3-8(12)13-10(14)17/h1,3-4,7,9,15-16H,5-6H2,(H2,12,13,17)/t7-,9-,11+/m1/s1. The van der Waals surface area contributed by atoms with Gasteiger partial charge >= 0.3 is 5.69 Å². The predicted molar refractivity (Wildman–Crippen MR) is 62.3 cm³/mol. The summed E-state index contributed by atoms with van der Waals surface area (Å²) in [5, 5.41) is 19.0. The van der Waals surface area contributed by atoms with Crippen molar-refractivity contribution in [3.05, 3.63) is 22.7 Å². The van der Waals surface area contributed by atoms with Gasteiger partial charge in [-0.3, -0.25) is 4.57 Å². The molecule has 2 rings (SSSR count). The second-order valence-corrected chi connectivity index (χ2v) is 4.06. The Labute approximate surface area is 103 Å². The minimum Gasteiger partial charge on any atom is -0.392 e. The van der Waals surface area contributed by atoms with Crippen molar-refractivity contribution in [3.8, 4) is 12.3 Å². The fourth-order valence-corrected chi connectivity index (χ4v) is 1.88. The van der Waals surface area contributed by atoms with E-state index in [1.807, 2.05) is 0 Å². The minimum absolute atomic E-state index is 0.0935. The van der Waals surface area contributed by atoms with E-state index in [1.165, 1.54) is 16.8 Å². The summed E-state index contributed by atoms with van der Waals surface area (Å²) in [6.07, 6.45) is 4.93. The first kappa shape index (κ1) is 12.6. The van der Waals surface area contributed by atoms with Gasteiger partial charge in [0, 0.05) is 12.6 Å². The molecule has 0 radical (unpaired) electrons. The van der Waals surface area contributed by atoms with Gasteiger partial charge in [0.1, 0.15) is 18.1 Å². The Kier molecular flexibility index (Phi) is 3.09. The molecule has 1 aromatic rings. The van der Waals surface area contributed by atoms with Crippen molar-refractivity contribution in [3.63, 3.8) is 0 Å². The lowest BCUT2D eigenvalue weighted by atomic mass is 9.99. The molecule has 7 nitrogen and oxygen atoms in total. The van der Waals surface area contributed by atoms with E-state index in [1.54, 1.807) is 0 Å². The normalized spacial score (nSPS) is 31.2. The van der Waals surface area contributed by atoms with Gasteiger partial charge in [-0.1, -0.05) is 5.92 Å². The van der Waals surface area contributed by atoms with Crippen LogP contribution in [0.3, 0.4) is 0 Å². The molecular weight excluding hydrogens is 238 g/mol. The van der Waals surface area contributed by atoms with Gasteiger partial charge < -0.3 is 20.7 Å². The predicted octanol–water partition coefficient (Wildman–Crippen LogP) is -1.53. The van der Waals surface area contributed by atoms with E-state index in [9.17, 15) is 15.0 Å². The van der Waals surface area contributed by atoms with Crippen molar-refractivity contribution in [2.45, 2.75) is 24.4 Å². The topological polar surface area (TPSA) is 111 Å². The quantitative estimate of drug-likeness (QED) is 0.550. The molecule has 0 saturated carbocycles. The van der Waals surface area contributed by atoms with Crippen LogP contribution in [-0.2, 0) is 4.74 Å². The molecule has 18 heavy (non-hydrogen) atoms. The molecule has 4 N–H and O–H groups in total. The number of ether oxygens (including phenoxy) is 1. The van der Waals surface area contributed by atoms with Gasteiger partial charge in [0.25, 0.3) is 0 Å². The Morgan fingerprint density at radius 1 is 1.78 bits per heavy atom. The molecule has 2 heterocycles. The number of anilines is 1. The van der Waals surface area contributed by atoms with Gasteiger partial charge in [0.15, 0.2) is 5.60 Å². The van der Waals surface area contributed by atoms with Crippen molar-refractivity contribution >= 4 is 5.82 Å². The van der Waals surface area contributed by atoms with Gasteiger partial charge in [-0.15, -0.1) is 6.42 Å². The van der Waals surface area contributed by atoms with Crippen LogP contribution in [0.4, 0.5) is 5.82 Å². The third kappa shape index (κ3) is 1.86. The number of hydrogen-bond acceptors (Lipinski definition) is 6. The molecule has 0 spiro atoms. The van der Waals surface area contributed by atoms with Crippen molar-refractivity contribution in [2.75, 3.05) is 12.3 Å². The van der Waals surface area contributed by atoms with Crippen LogP contribution in [0.15, 0.2) is 17.1 Å². The summed E-state index contributed by atoms with van der Waals surface area (Å²) >= 11 is 0. The number of nitrogens with zero attached hydrogens (tertiary/aromatic N) is 2. The van der Waals surface area contributed by atoms with Crippen molar-refractivity contribution in [2.24, 2.45) is 0 Å². The van der Waals surface area contributed by atoms with E-state index in [0.29, 0.717) is 0 Å². The van der Waals surface area contributed by atoms with Crippen molar-refractivity contribution in [1.29, 1.82) is 0 Å². The van der Waals surface area contributed by atoms with E-state index in [4.69, 9.17) is 16.9 Å². The lowest BCUT2D eigenvalue weighted by Gasteiger charge is -2.23. The Balaban J connectivity index is 2.33. The first-order chi connectivity index (χ1) is 8.52. The number of hydrogen-bond donors (Lipinski definition) is 3. The first-order valence-corrected chi connectivity index (χ1v) is 5.31. The van der Waals surface area contributed by atoms with E-state index in [0.717, 1.165) is 0 Å². The molecule has 96 valence electrons. The number of nitrogens with two attached hydrogens (primary N) is 1. The SMILES string of the molecule is C#C[C@@]1(CO)O[C@@H](n2ccc(N)nc2=O)C[C@H]1O. The third-order valence-corrected chi connectivity index (χ3v) is 2.95. The maximum Gasteiger partial charge on any atom is 0.351 e. The maximum absolute atomic E-state index is 11.6. The molecule has 0 amide bonds. The van der Waals surface area contributed by atoms with Crippen LogP contribution in [-0.4, -0.2) is 38.1 Å². The van der Waals surface area contributed by atoms with E-state index in [-0.39, 0.29) is 12.2 Å². The Morgan fingerprint density at radius 2 is 2.50 bits per heavy atom. The Morgan fingerprint density at radius 3 is 3.00 bits per heavy atom. The summed E-state index contributed by atoms with van der Waals surface area (Å²) in [4.78, 5) is 15.2. The van der Waals surface area contributed by atoms with Gasteiger partial charge in [0.05, 0.1) is 6.61 Å². The molecule has 1 aliphatic rings. The summed E-state index contributed by atoms with van der Waals surface area (Å²) in [7, 11) is 0. The average molecular weight is 251 g/mol. The maximum atomic E-state index is 11.6. The van der Waals surface area contributed by atoms with Crippen molar-refractivity contribution < 1.29 is 14.9 Å². The van der Waals surface area contributed by atoms with Gasteiger partial charge in [-0.2, -0.15) is 4.98 Å². The molecule has 1 fully saturated rings. The fourth-order valence-electron chi connectivity index (χ4n) is 1.88. The smallest absolute Gasteiger partial charge is 0.351 e. The van der Waals surface area contributed by atoms with Crippen LogP contribution in [0.5, 0.6) is 0 Å². The third-order valence-electron chi connectivity index (χ3n) is 2.95. The summed E-state index contributed by atoms with van der Waals surface area (Å²) in [5.41, 5.74) is 3.29. The number of terminal acetylenes is 1.